The van der Waals surface area contributed by atoms with E-state index in [-0.39, 0.29) is 6.23 Å². The molecule has 1 aromatic carbocycles. The van der Waals surface area contributed by atoms with Gasteiger partial charge in [-0.1, -0.05) is 25.1 Å². The number of hydrogen-bond donors (Lipinski definition) is 1. The fourth-order valence-electron chi connectivity index (χ4n) is 2.45. The standard InChI is InChI=1S/C13H17N2O/c1-2-9-16-13-12-10-5-3-4-6-11(10)15(12)8-7-14-13/h3-6,13-14H,2,7-9H2,1H3. The monoisotopic (exact) mass is 217 g/mol. The van der Waals surface area contributed by atoms with E-state index in [4.69, 9.17) is 4.74 Å². The number of anilines is 1. The molecule has 16 heavy (non-hydrogen) atoms. The van der Waals surface area contributed by atoms with E-state index in [0.29, 0.717) is 0 Å². The summed E-state index contributed by atoms with van der Waals surface area (Å²) in [5, 5.41) is 3.43. The Morgan fingerprint density at radius 1 is 1.44 bits per heavy atom. The van der Waals surface area contributed by atoms with Crippen LogP contribution < -0.4 is 10.2 Å². The van der Waals surface area contributed by atoms with Gasteiger partial charge in [0, 0.05) is 30.9 Å². The molecule has 1 radical (unpaired) electrons. The molecule has 0 amide bonds. The molecular weight excluding hydrogens is 200 g/mol. The molecule has 3 heteroatoms. The molecule has 0 bridgehead atoms. The Hall–Kier alpha value is -1.06. The molecule has 2 aliphatic rings. The number of ether oxygens (including phenoxy) is 1. The van der Waals surface area contributed by atoms with Crippen LogP contribution in [0, 0.1) is 6.04 Å². The first-order valence-corrected chi connectivity index (χ1v) is 6.00. The maximum atomic E-state index is 5.83. The summed E-state index contributed by atoms with van der Waals surface area (Å²) in [5.41, 5.74) is 2.69. The second-order valence-corrected chi connectivity index (χ2v) is 4.26. The van der Waals surface area contributed by atoms with Crippen LogP contribution in [0.3, 0.4) is 0 Å². The summed E-state index contributed by atoms with van der Waals surface area (Å²) in [6.45, 7) is 5.00. The Morgan fingerprint density at radius 2 is 2.31 bits per heavy atom. The number of nitrogens with one attached hydrogen (secondary N) is 1. The second kappa shape index (κ2) is 4.07. The van der Waals surface area contributed by atoms with Crippen LogP contribution in [0.4, 0.5) is 5.69 Å². The van der Waals surface area contributed by atoms with Crippen molar-refractivity contribution in [1.82, 2.24) is 5.32 Å². The van der Waals surface area contributed by atoms with Crippen molar-refractivity contribution in [3.05, 3.63) is 35.9 Å². The van der Waals surface area contributed by atoms with E-state index in [1.807, 2.05) is 0 Å². The Bertz CT molecular complexity index is 380. The summed E-state index contributed by atoms with van der Waals surface area (Å²) < 4.78 is 5.83. The summed E-state index contributed by atoms with van der Waals surface area (Å²) in [7, 11) is 0. The summed E-state index contributed by atoms with van der Waals surface area (Å²) in [6, 6.07) is 9.86. The third kappa shape index (κ3) is 1.43. The van der Waals surface area contributed by atoms with Gasteiger partial charge in [0.1, 0.15) is 12.3 Å². The van der Waals surface area contributed by atoms with Gasteiger partial charge in [0.25, 0.3) is 0 Å². The largest absolute Gasteiger partial charge is 0.360 e. The SMILES string of the molecule is CCCOC1NCCN2[C]1c1ccccc12. The van der Waals surface area contributed by atoms with E-state index < -0.39 is 0 Å². The predicted octanol–water partition coefficient (Wildman–Crippen LogP) is 1.74. The number of rotatable bonds is 3. The van der Waals surface area contributed by atoms with Crippen molar-refractivity contribution in [1.29, 1.82) is 0 Å². The smallest absolute Gasteiger partial charge is 0.139 e. The first-order valence-electron chi connectivity index (χ1n) is 6.00. The number of fused-ring (bicyclic) bond motifs is 4. The normalized spacial score (nSPS) is 23.6. The molecule has 3 nitrogen and oxygen atoms in total. The molecule has 2 aliphatic heterocycles. The van der Waals surface area contributed by atoms with Crippen LogP contribution in [-0.4, -0.2) is 25.9 Å². The van der Waals surface area contributed by atoms with Gasteiger partial charge < -0.3 is 9.64 Å². The van der Waals surface area contributed by atoms with Gasteiger partial charge in [-0.3, -0.25) is 5.32 Å². The maximum absolute atomic E-state index is 5.83. The van der Waals surface area contributed by atoms with Crippen molar-refractivity contribution in [3.8, 4) is 0 Å². The first-order chi connectivity index (χ1) is 7.92. The van der Waals surface area contributed by atoms with Crippen LogP contribution in [0.5, 0.6) is 0 Å². The van der Waals surface area contributed by atoms with Crippen molar-refractivity contribution in [2.24, 2.45) is 0 Å². The second-order valence-electron chi connectivity index (χ2n) is 4.26. The minimum atomic E-state index is 0.0867. The first kappa shape index (κ1) is 10.1. The molecule has 0 aliphatic carbocycles. The van der Waals surface area contributed by atoms with E-state index in [1.54, 1.807) is 0 Å². The highest BCUT2D eigenvalue weighted by molar-refractivity contribution is 5.75. The number of benzene rings is 1. The van der Waals surface area contributed by atoms with Crippen molar-refractivity contribution in [2.75, 3.05) is 24.6 Å². The minimum Gasteiger partial charge on any atom is -0.360 e. The highest BCUT2D eigenvalue weighted by atomic mass is 16.5. The topological polar surface area (TPSA) is 24.5 Å². The van der Waals surface area contributed by atoms with E-state index in [2.05, 4.69) is 41.4 Å². The molecule has 0 spiro atoms. The molecule has 0 aromatic heterocycles. The predicted molar refractivity (Wildman–Crippen MR) is 64.2 cm³/mol. The van der Waals surface area contributed by atoms with Crippen LogP contribution in [0.15, 0.2) is 24.3 Å². The van der Waals surface area contributed by atoms with Crippen molar-refractivity contribution in [3.63, 3.8) is 0 Å². The van der Waals surface area contributed by atoms with Crippen LogP contribution in [-0.2, 0) is 4.74 Å². The van der Waals surface area contributed by atoms with Gasteiger partial charge in [-0.2, -0.15) is 0 Å². The lowest BCUT2D eigenvalue weighted by Gasteiger charge is -2.50. The lowest BCUT2D eigenvalue weighted by molar-refractivity contribution is 0.0315. The molecule has 2 heterocycles. The summed E-state index contributed by atoms with van der Waals surface area (Å²) in [4.78, 5) is 2.37. The fourth-order valence-corrected chi connectivity index (χ4v) is 2.45. The maximum Gasteiger partial charge on any atom is 0.139 e. The third-order valence-electron chi connectivity index (χ3n) is 3.16. The van der Waals surface area contributed by atoms with Crippen molar-refractivity contribution in [2.45, 2.75) is 19.6 Å². The zero-order valence-electron chi connectivity index (χ0n) is 9.57. The average Bonchev–Trinajstić information content (AvgIpc) is 2.33. The summed E-state index contributed by atoms with van der Waals surface area (Å²) >= 11 is 0. The van der Waals surface area contributed by atoms with E-state index in [1.165, 1.54) is 17.3 Å². The Balaban J connectivity index is 1.81. The van der Waals surface area contributed by atoms with Crippen molar-refractivity contribution < 1.29 is 4.74 Å². The molecule has 1 aromatic rings. The van der Waals surface area contributed by atoms with Crippen molar-refractivity contribution >= 4 is 5.69 Å². The lowest BCUT2D eigenvalue weighted by Crippen LogP contribution is -2.59. The zero-order valence-corrected chi connectivity index (χ0v) is 9.57. The van der Waals surface area contributed by atoms with E-state index in [9.17, 15) is 0 Å². The number of piperazine rings is 1. The van der Waals surface area contributed by atoms with Gasteiger partial charge in [-0.15, -0.1) is 0 Å². The van der Waals surface area contributed by atoms with Gasteiger partial charge in [0.2, 0.25) is 0 Å². The third-order valence-corrected chi connectivity index (χ3v) is 3.16. The molecule has 1 unspecified atom stereocenters. The van der Waals surface area contributed by atoms with Crippen LogP contribution >= 0.6 is 0 Å². The highest BCUT2D eigenvalue weighted by Crippen LogP contribution is 2.45. The molecule has 1 N–H and O–H groups in total. The molecule has 3 rings (SSSR count). The van der Waals surface area contributed by atoms with E-state index >= 15 is 0 Å². The van der Waals surface area contributed by atoms with Gasteiger partial charge in [0.05, 0.1) is 0 Å². The average molecular weight is 217 g/mol. The number of para-hydroxylation sites is 1. The fraction of sp³-hybridized carbons (Fsp3) is 0.462. The molecule has 1 fully saturated rings. The van der Waals surface area contributed by atoms with Gasteiger partial charge in [-0.25, -0.2) is 0 Å². The van der Waals surface area contributed by atoms with Gasteiger partial charge in [0.15, 0.2) is 0 Å². The quantitative estimate of drug-likeness (QED) is 0.834. The molecular formula is C13H17N2O. The lowest BCUT2D eigenvalue weighted by atomic mass is 9.90. The van der Waals surface area contributed by atoms with Crippen LogP contribution in [0.2, 0.25) is 0 Å². The molecule has 0 saturated carbocycles. The Labute approximate surface area is 96.4 Å². The molecule has 1 saturated heterocycles. The minimum absolute atomic E-state index is 0.0867. The zero-order chi connectivity index (χ0) is 11.0. The summed E-state index contributed by atoms with van der Waals surface area (Å²) in [6.07, 6.45) is 1.15. The summed E-state index contributed by atoms with van der Waals surface area (Å²) in [5.74, 6) is 0. The highest BCUT2D eigenvalue weighted by Gasteiger charge is 2.43. The Kier molecular flexibility index (Phi) is 2.58. The molecule has 85 valence electrons. The van der Waals surface area contributed by atoms with Crippen LogP contribution in [0.1, 0.15) is 18.9 Å². The number of nitrogens with zero attached hydrogens (tertiary/aromatic N) is 1. The van der Waals surface area contributed by atoms with E-state index in [0.717, 1.165) is 26.1 Å². The Morgan fingerprint density at radius 3 is 3.19 bits per heavy atom. The van der Waals surface area contributed by atoms with Gasteiger partial charge in [-0.05, 0) is 12.5 Å². The number of hydrogen-bond acceptors (Lipinski definition) is 3. The van der Waals surface area contributed by atoms with Crippen LogP contribution in [0.25, 0.3) is 0 Å². The van der Waals surface area contributed by atoms with Gasteiger partial charge >= 0.3 is 0 Å². The molecule has 1 atom stereocenters.